The molecular weight excluding hydrogens is 364 g/mol. The van der Waals surface area contributed by atoms with Crippen molar-refractivity contribution < 1.29 is 0 Å². The Morgan fingerprint density at radius 1 is 1.33 bits per heavy atom. The quantitative estimate of drug-likeness (QED) is 0.611. The lowest BCUT2D eigenvalue weighted by Crippen LogP contribution is -2.44. The maximum Gasteiger partial charge on any atom is 0.191 e. The van der Waals surface area contributed by atoms with Crippen LogP contribution in [0.4, 0.5) is 5.82 Å². The topological polar surface area (TPSA) is 83.3 Å². The number of rotatable bonds is 4. The van der Waals surface area contributed by atoms with Crippen molar-refractivity contribution in [1.29, 1.82) is 0 Å². The maximum absolute atomic E-state index is 6.27. The number of nitrogens with one attached hydrogen (secondary N) is 2. The molecule has 8 nitrogen and oxygen atoms in total. The summed E-state index contributed by atoms with van der Waals surface area (Å²) in [5, 5.41) is 16.2. The molecule has 144 valence electrons. The lowest BCUT2D eigenvalue weighted by Gasteiger charge is -2.20. The van der Waals surface area contributed by atoms with Gasteiger partial charge in [0.25, 0.3) is 0 Å². The molecule has 0 amide bonds. The molecule has 9 heteroatoms. The summed E-state index contributed by atoms with van der Waals surface area (Å²) in [5.74, 6) is 3.70. The van der Waals surface area contributed by atoms with Gasteiger partial charge in [-0.2, -0.15) is 0 Å². The average molecular weight is 389 g/mol. The number of hydrogen-bond donors (Lipinski definition) is 2. The van der Waals surface area contributed by atoms with E-state index >= 15 is 0 Å². The van der Waals surface area contributed by atoms with E-state index in [4.69, 9.17) is 11.6 Å². The van der Waals surface area contributed by atoms with Crippen LogP contribution in [0.15, 0.2) is 23.3 Å². The molecule has 2 aromatic rings. The number of halogens is 1. The van der Waals surface area contributed by atoms with Gasteiger partial charge in [0.1, 0.15) is 11.6 Å². The van der Waals surface area contributed by atoms with Crippen LogP contribution in [0.3, 0.4) is 0 Å². The van der Waals surface area contributed by atoms with E-state index < -0.39 is 0 Å². The SMILES string of the molecule is CN=C(NCc1nnc2n1CCCC2)NC1CCN(c2ncccc2Cl)C1. The molecule has 0 saturated carbocycles. The Morgan fingerprint density at radius 2 is 2.26 bits per heavy atom. The molecule has 0 aliphatic carbocycles. The van der Waals surface area contributed by atoms with E-state index in [0.29, 0.717) is 17.6 Å². The predicted octanol–water partition coefficient (Wildman–Crippen LogP) is 1.61. The summed E-state index contributed by atoms with van der Waals surface area (Å²) >= 11 is 6.27. The average Bonchev–Trinajstić information content (AvgIpc) is 3.32. The molecule has 0 bridgehead atoms. The van der Waals surface area contributed by atoms with E-state index in [9.17, 15) is 0 Å². The number of aromatic nitrogens is 4. The van der Waals surface area contributed by atoms with Crippen LogP contribution >= 0.6 is 11.6 Å². The predicted molar refractivity (Wildman–Crippen MR) is 106 cm³/mol. The van der Waals surface area contributed by atoms with E-state index in [1.54, 1.807) is 13.2 Å². The zero-order valence-electron chi connectivity index (χ0n) is 15.5. The van der Waals surface area contributed by atoms with Gasteiger partial charge in [-0.1, -0.05) is 11.6 Å². The molecule has 2 aromatic heterocycles. The largest absolute Gasteiger partial charge is 0.353 e. The minimum absolute atomic E-state index is 0.293. The highest BCUT2D eigenvalue weighted by molar-refractivity contribution is 6.32. The van der Waals surface area contributed by atoms with Gasteiger partial charge in [-0.05, 0) is 31.4 Å². The number of pyridine rings is 1. The first-order valence-corrected chi connectivity index (χ1v) is 9.86. The van der Waals surface area contributed by atoms with Gasteiger partial charge in [0.05, 0.1) is 11.6 Å². The highest BCUT2D eigenvalue weighted by atomic mass is 35.5. The van der Waals surface area contributed by atoms with Crippen LogP contribution in [-0.4, -0.2) is 51.9 Å². The van der Waals surface area contributed by atoms with E-state index in [2.05, 4.69) is 40.3 Å². The van der Waals surface area contributed by atoms with Crippen LogP contribution in [0.1, 0.15) is 30.9 Å². The first kappa shape index (κ1) is 18.0. The molecule has 2 N–H and O–H groups in total. The van der Waals surface area contributed by atoms with Crippen molar-refractivity contribution >= 4 is 23.4 Å². The van der Waals surface area contributed by atoms with Gasteiger partial charge in [-0.25, -0.2) is 4.98 Å². The molecule has 0 spiro atoms. The summed E-state index contributed by atoms with van der Waals surface area (Å²) in [6.45, 7) is 3.39. The summed E-state index contributed by atoms with van der Waals surface area (Å²) in [4.78, 5) is 11.0. The standard InChI is InChI=1S/C18H25ClN8/c1-20-18(22-11-16-25-24-15-6-2-3-9-27(15)16)23-13-7-10-26(12-13)17-14(19)5-4-8-21-17/h4-5,8,13H,2-3,6-7,9-12H2,1H3,(H2,20,22,23). The molecule has 0 aromatic carbocycles. The number of aliphatic imine (C=N–C) groups is 1. The molecule has 0 radical (unpaired) electrons. The van der Waals surface area contributed by atoms with E-state index in [1.807, 2.05) is 12.1 Å². The fourth-order valence-electron chi connectivity index (χ4n) is 3.73. The number of fused-ring (bicyclic) bond motifs is 1. The highest BCUT2D eigenvalue weighted by Crippen LogP contribution is 2.25. The van der Waals surface area contributed by atoms with Crippen LogP contribution in [0.5, 0.6) is 0 Å². The van der Waals surface area contributed by atoms with Crippen molar-refractivity contribution in [3.63, 3.8) is 0 Å². The number of anilines is 1. The third kappa shape index (κ3) is 4.00. The summed E-state index contributed by atoms with van der Waals surface area (Å²) in [6, 6.07) is 4.03. The summed E-state index contributed by atoms with van der Waals surface area (Å²) < 4.78 is 2.23. The highest BCUT2D eigenvalue weighted by Gasteiger charge is 2.25. The van der Waals surface area contributed by atoms with Gasteiger partial charge in [-0.3, -0.25) is 4.99 Å². The molecule has 1 unspecified atom stereocenters. The summed E-state index contributed by atoms with van der Waals surface area (Å²) in [5.41, 5.74) is 0. The second-order valence-corrected chi connectivity index (χ2v) is 7.36. The van der Waals surface area contributed by atoms with Crippen molar-refractivity contribution in [2.24, 2.45) is 4.99 Å². The Hall–Kier alpha value is -2.35. The number of nitrogens with zero attached hydrogens (tertiary/aromatic N) is 6. The molecule has 4 rings (SSSR count). The van der Waals surface area contributed by atoms with Crippen molar-refractivity contribution in [2.75, 3.05) is 25.0 Å². The van der Waals surface area contributed by atoms with E-state index in [0.717, 1.165) is 55.9 Å². The van der Waals surface area contributed by atoms with Crippen LogP contribution in [0, 0.1) is 0 Å². The van der Waals surface area contributed by atoms with E-state index in [-0.39, 0.29) is 0 Å². The zero-order valence-corrected chi connectivity index (χ0v) is 16.3. The van der Waals surface area contributed by atoms with E-state index in [1.165, 1.54) is 12.8 Å². The zero-order chi connectivity index (χ0) is 18.6. The Balaban J connectivity index is 1.32. The van der Waals surface area contributed by atoms with Crippen LogP contribution in [0.2, 0.25) is 5.02 Å². The Kier molecular flexibility index (Phi) is 5.42. The Labute approximate surface area is 164 Å². The second kappa shape index (κ2) is 8.12. The number of hydrogen-bond acceptors (Lipinski definition) is 5. The third-order valence-electron chi connectivity index (χ3n) is 5.14. The van der Waals surface area contributed by atoms with Crippen molar-refractivity contribution in [3.8, 4) is 0 Å². The Bertz CT molecular complexity index is 817. The maximum atomic E-state index is 6.27. The van der Waals surface area contributed by atoms with Gasteiger partial charge in [-0.15, -0.1) is 10.2 Å². The van der Waals surface area contributed by atoms with Gasteiger partial charge >= 0.3 is 0 Å². The van der Waals surface area contributed by atoms with Gasteiger partial charge in [0.15, 0.2) is 11.8 Å². The molecule has 1 fully saturated rings. The van der Waals surface area contributed by atoms with Crippen LogP contribution in [-0.2, 0) is 19.5 Å². The minimum atomic E-state index is 0.293. The van der Waals surface area contributed by atoms with Crippen molar-refractivity contribution in [3.05, 3.63) is 35.0 Å². The van der Waals surface area contributed by atoms with Crippen molar-refractivity contribution in [1.82, 2.24) is 30.4 Å². The molecule has 27 heavy (non-hydrogen) atoms. The van der Waals surface area contributed by atoms with Crippen LogP contribution in [0.25, 0.3) is 0 Å². The first-order chi connectivity index (χ1) is 13.2. The van der Waals surface area contributed by atoms with Crippen LogP contribution < -0.4 is 15.5 Å². The fraction of sp³-hybridized carbons (Fsp3) is 0.556. The lowest BCUT2D eigenvalue weighted by atomic mass is 10.2. The number of aryl methyl sites for hydroxylation is 1. The normalized spacial score (nSPS) is 19.9. The molecule has 2 aliphatic heterocycles. The fourth-order valence-corrected chi connectivity index (χ4v) is 3.97. The summed E-state index contributed by atoms with van der Waals surface area (Å²) in [7, 11) is 1.79. The minimum Gasteiger partial charge on any atom is -0.353 e. The second-order valence-electron chi connectivity index (χ2n) is 6.95. The third-order valence-corrected chi connectivity index (χ3v) is 5.44. The van der Waals surface area contributed by atoms with Crippen molar-refractivity contribution in [2.45, 2.75) is 44.8 Å². The monoisotopic (exact) mass is 388 g/mol. The molecule has 1 atom stereocenters. The van der Waals surface area contributed by atoms with Gasteiger partial charge in [0, 0.05) is 45.3 Å². The summed E-state index contributed by atoms with van der Waals surface area (Å²) in [6.07, 6.45) is 6.20. The Morgan fingerprint density at radius 3 is 3.11 bits per heavy atom. The molecule has 4 heterocycles. The molecule has 2 aliphatic rings. The van der Waals surface area contributed by atoms with Gasteiger partial charge in [0.2, 0.25) is 0 Å². The smallest absolute Gasteiger partial charge is 0.191 e. The lowest BCUT2D eigenvalue weighted by molar-refractivity contribution is 0.504. The molecule has 1 saturated heterocycles. The number of guanidine groups is 1. The first-order valence-electron chi connectivity index (χ1n) is 9.48. The van der Waals surface area contributed by atoms with Gasteiger partial charge < -0.3 is 20.1 Å². The molecular formula is C18H25ClN8.